The van der Waals surface area contributed by atoms with Crippen LogP contribution in [0.25, 0.3) is 11.4 Å². The summed E-state index contributed by atoms with van der Waals surface area (Å²) in [6.45, 7) is 8.65. The molecule has 0 bridgehead atoms. The predicted octanol–water partition coefficient (Wildman–Crippen LogP) is 3.65. The molecule has 2 atom stereocenters. The summed E-state index contributed by atoms with van der Waals surface area (Å²) >= 11 is 0. The first-order valence-electron chi connectivity index (χ1n) is 7.67. The number of nitrogens with one attached hydrogen (secondary N) is 1. The summed E-state index contributed by atoms with van der Waals surface area (Å²) in [5.41, 5.74) is 2.31. The Bertz CT molecular complexity index is 560. The van der Waals surface area contributed by atoms with E-state index in [1.165, 1.54) is 5.56 Å². The zero-order valence-electron chi connectivity index (χ0n) is 13.6. The monoisotopic (exact) mass is 287 g/mol. The molecule has 2 aromatic rings. The molecule has 4 heteroatoms. The normalized spacial score (nSPS) is 14.4. The van der Waals surface area contributed by atoms with Gasteiger partial charge in [-0.2, -0.15) is 4.98 Å². The van der Waals surface area contributed by atoms with Gasteiger partial charge in [0.05, 0.1) is 5.92 Å². The molecule has 2 rings (SSSR count). The van der Waals surface area contributed by atoms with Crippen LogP contribution in [-0.4, -0.2) is 23.2 Å². The Morgan fingerprint density at radius 1 is 1.14 bits per heavy atom. The van der Waals surface area contributed by atoms with Gasteiger partial charge < -0.3 is 9.84 Å². The molecular formula is C17H25N3O. The van der Waals surface area contributed by atoms with Crippen molar-refractivity contribution >= 4 is 0 Å². The van der Waals surface area contributed by atoms with Gasteiger partial charge >= 0.3 is 0 Å². The van der Waals surface area contributed by atoms with Crippen molar-refractivity contribution in [3.05, 3.63) is 35.7 Å². The zero-order valence-corrected chi connectivity index (χ0v) is 13.6. The maximum absolute atomic E-state index is 5.52. The fourth-order valence-corrected chi connectivity index (χ4v) is 2.63. The second-order valence-electron chi connectivity index (χ2n) is 5.85. The molecule has 1 heterocycles. The van der Waals surface area contributed by atoms with Crippen LogP contribution in [-0.2, 0) is 6.42 Å². The minimum absolute atomic E-state index is 0.214. The second-order valence-corrected chi connectivity index (χ2v) is 5.85. The predicted molar refractivity (Wildman–Crippen MR) is 85.2 cm³/mol. The van der Waals surface area contributed by atoms with Crippen LogP contribution >= 0.6 is 0 Å². The van der Waals surface area contributed by atoms with Gasteiger partial charge in [-0.25, -0.2) is 0 Å². The fourth-order valence-electron chi connectivity index (χ4n) is 2.63. The first kappa shape index (κ1) is 15.7. The quantitative estimate of drug-likeness (QED) is 0.881. The molecule has 4 nitrogen and oxygen atoms in total. The minimum Gasteiger partial charge on any atom is -0.339 e. The molecule has 0 fully saturated rings. The molecule has 0 aliphatic carbocycles. The highest BCUT2D eigenvalue weighted by Gasteiger charge is 2.27. The van der Waals surface area contributed by atoms with E-state index in [0.717, 1.165) is 12.0 Å². The molecule has 1 aromatic heterocycles. The average molecular weight is 287 g/mol. The summed E-state index contributed by atoms with van der Waals surface area (Å²) in [6.07, 6.45) is 1.03. The van der Waals surface area contributed by atoms with Crippen LogP contribution in [0.15, 0.2) is 28.8 Å². The van der Waals surface area contributed by atoms with Crippen LogP contribution in [0.2, 0.25) is 0 Å². The Morgan fingerprint density at radius 3 is 2.33 bits per heavy atom. The minimum atomic E-state index is 0.214. The molecule has 0 aliphatic rings. The van der Waals surface area contributed by atoms with Gasteiger partial charge in [0.1, 0.15) is 0 Å². The Hall–Kier alpha value is -1.68. The third kappa shape index (κ3) is 3.50. The fraction of sp³-hybridized carbons (Fsp3) is 0.529. The molecule has 0 aliphatic heterocycles. The van der Waals surface area contributed by atoms with E-state index in [2.05, 4.69) is 67.4 Å². The average Bonchev–Trinajstić information content (AvgIpc) is 2.96. The molecule has 0 saturated carbocycles. The molecule has 1 aromatic carbocycles. The largest absolute Gasteiger partial charge is 0.339 e. The zero-order chi connectivity index (χ0) is 15.4. The molecule has 21 heavy (non-hydrogen) atoms. The summed E-state index contributed by atoms with van der Waals surface area (Å²) < 4.78 is 5.52. The Morgan fingerprint density at radius 2 is 1.81 bits per heavy atom. The van der Waals surface area contributed by atoms with Crippen LogP contribution in [0.4, 0.5) is 0 Å². The number of nitrogens with zero attached hydrogens (tertiary/aromatic N) is 2. The van der Waals surface area contributed by atoms with Crippen LogP contribution < -0.4 is 5.32 Å². The van der Waals surface area contributed by atoms with E-state index < -0.39 is 0 Å². The topological polar surface area (TPSA) is 51.0 Å². The van der Waals surface area contributed by atoms with E-state index in [-0.39, 0.29) is 5.92 Å². The van der Waals surface area contributed by atoms with Crippen molar-refractivity contribution in [3.8, 4) is 11.4 Å². The van der Waals surface area contributed by atoms with Crippen molar-refractivity contribution in [2.45, 2.75) is 46.1 Å². The summed E-state index contributed by atoms with van der Waals surface area (Å²) in [5, 5.41) is 7.43. The highest BCUT2D eigenvalue weighted by molar-refractivity contribution is 5.54. The van der Waals surface area contributed by atoms with Crippen LogP contribution in [0, 0.1) is 5.92 Å². The lowest BCUT2D eigenvalue weighted by Crippen LogP contribution is -2.32. The van der Waals surface area contributed by atoms with Crippen molar-refractivity contribution in [1.82, 2.24) is 15.5 Å². The molecule has 0 amide bonds. The number of benzene rings is 1. The van der Waals surface area contributed by atoms with Gasteiger partial charge in [-0.05, 0) is 31.9 Å². The maximum Gasteiger partial charge on any atom is 0.231 e. The molecule has 0 spiro atoms. The number of hydrogen-bond donors (Lipinski definition) is 1. The van der Waals surface area contributed by atoms with Gasteiger partial charge in [0.2, 0.25) is 11.7 Å². The highest BCUT2D eigenvalue weighted by Crippen LogP contribution is 2.28. The van der Waals surface area contributed by atoms with Gasteiger partial charge in [-0.1, -0.05) is 50.2 Å². The summed E-state index contributed by atoms with van der Waals surface area (Å²) in [5.74, 6) is 2.03. The van der Waals surface area contributed by atoms with E-state index in [9.17, 15) is 0 Å². The van der Waals surface area contributed by atoms with E-state index in [4.69, 9.17) is 4.52 Å². The van der Waals surface area contributed by atoms with E-state index in [1.54, 1.807) is 0 Å². The molecule has 1 N–H and O–H groups in total. The van der Waals surface area contributed by atoms with Crippen molar-refractivity contribution in [3.63, 3.8) is 0 Å². The van der Waals surface area contributed by atoms with Crippen molar-refractivity contribution < 1.29 is 4.52 Å². The highest BCUT2D eigenvalue weighted by atomic mass is 16.5. The maximum atomic E-state index is 5.52. The third-order valence-electron chi connectivity index (χ3n) is 4.06. The molecule has 114 valence electrons. The Kier molecular flexibility index (Phi) is 5.12. The first-order valence-corrected chi connectivity index (χ1v) is 7.67. The molecule has 2 unspecified atom stereocenters. The lowest BCUT2D eigenvalue weighted by molar-refractivity contribution is 0.286. The lowest BCUT2D eigenvalue weighted by atomic mass is 9.89. The Balaban J connectivity index is 2.26. The van der Waals surface area contributed by atoms with Crippen molar-refractivity contribution in [2.24, 2.45) is 5.92 Å². The number of aromatic nitrogens is 2. The van der Waals surface area contributed by atoms with E-state index in [1.807, 2.05) is 7.05 Å². The number of hydrogen-bond acceptors (Lipinski definition) is 4. The van der Waals surface area contributed by atoms with Gasteiger partial charge in [0, 0.05) is 11.6 Å². The van der Waals surface area contributed by atoms with Crippen LogP contribution in [0.1, 0.15) is 45.1 Å². The number of rotatable bonds is 6. The van der Waals surface area contributed by atoms with E-state index >= 15 is 0 Å². The third-order valence-corrected chi connectivity index (χ3v) is 4.06. The second kappa shape index (κ2) is 6.85. The summed E-state index contributed by atoms with van der Waals surface area (Å²) in [6, 6.07) is 8.63. The van der Waals surface area contributed by atoms with Crippen LogP contribution in [0.5, 0.6) is 0 Å². The molecule has 0 saturated heterocycles. The Labute approximate surface area is 127 Å². The van der Waals surface area contributed by atoms with Gasteiger partial charge in [0.15, 0.2) is 0 Å². The van der Waals surface area contributed by atoms with Gasteiger partial charge in [-0.3, -0.25) is 0 Å². The van der Waals surface area contributed by atoms with Gasteiger partial charge in [-0.15, -0.1) is 0 Å². The molecule has 0 radical (unpaired) electrons. The summed E-state index contributed by atoms with van der Waals surface area (Å²) in [7, 11) is 1.96. The first-order chi connectivity index (χ1) is 10.1. The standard InChI is InChI=1S/C17H25N3O/c1-6-13-7-9-14(10-8-13)16-19-17(21-20-16)15(11(2)3)12(4)18-5/h7-12,15,18H,6H2,1-5H3. The summed E-state index contributed by atoms with van der Waals surface area (Å²) in [4.78, 5) is 4.61. The number of likely N-dealkylation sites (N-methyl/N-ethyl adjacent to an activating group) is 1. The van der Waals surface area contributed by atoms with Gasteiger partial charge in [0.25, 0.3) is 0 Å². The van der Waals surface area contributed by atoms with Crippen molar-refractivity contribution in [1.29, 1.82) is 0 Å². The van der Waals surface area contributed by atoms with Crippen LogP contribution in [0.3, 0.4) is 0 Å². The number of aryl methyl sites for hydroxylation is 1. The van der Waals surface area contributed by atoms with E-state index in [0.29, 0.717) is 23.7 Å². The smallest absolute Gasteiger partial charge is 0.231 e. The van der Waals surface area contributed by atoms with Crippen molar-refractivity contribution in [2.75, 3.05) is 7.05 Å². The lowest BCUT2D eigenvalue weighted by Gasteiger charge is -2.23. The molecular weight excluding hydrogens is 262 g/mol. The SMILES string of the molecule is CCc1ccc(-c2noc(C(C(C)C)C(C)NC)n2)cc1.